The lowest BCUT2D eigenvalue weighted by atomic mass is 9.99. The summed E-state index contributed by atoms with van der Waals surface area (Å²) in [6.45, 7) is 2.06. The number of pyridine rings is 2. The summed E-state index contributed by atoms with van der Waals surface area (Å²) in [4.78, 5) is 20.7. The minimum Gasteiger partial charge on any atom is -0.399 e. The molecule has 0 radical (unpaired) electrons. The highest BCUT2D eigenvalue weighted by atomic mass is 16.2. The maximum Gasteiger partial charge on any atom is 0.228 e. The molecule has 3 N–H and O–H groups in total. The Balaban J connectivity index is 1.66. The fraction of sp³-hybridized carbons (Fsp3) is 0.190. The summed E-state index contributed by atoms with van der Waals surface area (Å²) in [7, 11) is 0. The third-order valence-corrected chi connectivity index (χ3v) is 4.59. The van der Waals surface area contributed by atoms with Crippen molar-refractivity contribution in [2.75, 3.05) is 11.1 Å². The molecular formula is C21H20N4O. The third kappa shape index (κ3) is 3.42. The highest BCUT2D eigenvalue weighted by Gasteiger charge is 2.29. The molecule has 1 aromatic carbocycles. The second-order valence-corrected chi connectivity index (χ2v) is 6.70. The zero-order valence-electron chi connectivity index (χ0n) is 14.6. The predicted octanol–water partition coefficient (Wildman–Crippen LogP) is 4.05. The van der Waals surface area contributed by atoms with Crippen molar-refractivity contribution < 1.29 is 4.79 Å². The van der Waals surface area contributed by atoms with Crippen LogP contribution in [0.3, 0.4) is 0 Å². The summed E-state index contributed by atoms with van der Waals surface area (Å²) in [5.41, 5.74) is 11.7. The normalized spacial score (nSPS) is 13.4. The van der Waals surface area contributed by atoms with Crippen LogP contribution in [-0.2, 0) is 4.79 Å². The minimum absolute atomic E-state index is 0.0479. The molecule has 0 saturated heterocycles. The van der Waals surface area contributed by atoms with E-state index in [1.165, 1.54) is 0 Å². The van der Waals surface area contributed by atoms with Gasteiger partial charge in [0.1, 0.15) is 5.82 Å². The number of rotatable bonds is 4. The van der Waals surface area contributed by atoms with Crippen molar-refractivity contribution in [1.29, 1.82) is 0 Å². The molecule has 1 fully saturated rings. The molecule has 26 heavy (non-hydrogen) atoms. The number of aromatic nitrogens is 2. The Morgan fingerprint density at radius 3 is 2.62 bits per heavy atom. The first-order valence-electron chi connectivity index (χ1n) is 8.70. The number of nitrogen functional groups attached to an aromatic ring is 1. The van der Waals surface area contributed by atoms with E-state index in [1.54, 1.807) is 12.4 Å². The second kappa shape index (κ2) is 6.59. The van der Waals surface area contributed by atoms with Gasteiger partial charge < -0.3 is 11.1 Å². The average Bonchev–Trinajstić information content (AvgIpc) is 3.49. The summed E-state index contributed by atoms with van der Waals surface area (Å²) in [6, 6.07) is 13.7. The predicted molar refractivity (Wildman–Crippen MR) is 103 cm³/mol. The average molecular weight is 344 g/mol. The molecule has 0 unspecified atom stereocenters. The van der Waals surface area contributed by atoms with Crippen molar-refractivity contribution in [2.24, 2.45) is 5.92 Å². The van der Waals surface area contributed by atoms with Crippen molar-refractivity contribution in [2.45, 2.75) is 19.8 Å². The monoisotopic (exact) mass is 344 g/mol. The highest BCUT2D eigenvalue weighted by molar-refractivity contribution is 5.93. The Morgan fingerprint density at radius 1 is 1.04 bits per heavy atom. The van der Waals surface area contributed by atoms with Gasteiger partial charge >= 0.3 is 0 Å². The van der Waals surface area contributed by atoms with Crippen LogP contribution in [0.5, 0.6) is 0 Å². The fourth-order valence-electron chi connectivity index (χ4n) is 2.94. The maximum absolute atomic E-state index is 12.0. The van der Waals surface area contributed by atoms with E-state index in [0.29, 0.717) is 5.82 Å². The molecule has 0 bridgehead atoms. The molecule has 1 amide bonds. The number of nitrogens with zero attached hydrogens (tertiary/aromatic N) is 2. The molecule has 0 atom stereocenters. The Morgan fingerprint density at radius 2 is 1.81 bits per heavy atom. The molecule has 0 spiro atoms. The van der Waals surface area contributed by atoms with Crippen molar-refractivity contribution >= 4 is 17.4 Å². The van der Waals surface area contributed by atoms with E-state index in [0.717, 1.165) is 46.5 Å². The lowest BCUT2D eigenvalue weighted by molar-refractivity contribution is -0.117. The Kier molecular flexibility index (Phi) is 4.13. The number of hydrogen-bond donors (Lipinski definition) is 2. The molecule has 1 aliphatic carbocycles. The van der Waals surface area contributed by atoms with Gasteiger partial charge in [0.2, 0.25) is 5.91 Å². The number of nitrogens with one attached hydrogen (secondary N) is 1. The summed E-state index contributed by atoms with van der Waals surface area (Å²) < 4.78 is 0. The molecule has 5 heteroatoms. The van der Waals surface area contributed by atoms with Crippen LogP contribution in [0.2, 0.25) is 0 Å². The number of aryl methyl sites for hydroxylation is 1. The third-order valence-electron chi connectivity index (χ3n) is 4.59. The Bertz CT molecular complexity index is 979. The molecule has 1 aliphatic rings. The van der Waals surface area contributed by atoms with E-state index in [1.807, 2.05) is 42.5 Å². The van der Waals surface area contributed by atoms with Crippen LogP contribution in [0.15, 0.2) is 54.9 Å². The lowest BCUT2D eigenvalue weighted by Crippen LogP contribution is -2.14. The van der Waals surface area contributed by atoms with Crippen molar-refractivity contribution in [3.63, 3.8) is 0 Å². The number of hydrogen-bond acceptors (Lipinski definition) is 4. The fourth-order valence-corrected chi connectivity index (χ4v) is 2.94. The van der Waals surface area contributed by atoms with Crippen molar-refractivity contribution in [3.05, 3.63) is 60.4 Å². The first kappa shape index (κ1) is 16.3. The van der Waals surface area contributed by atoms with Crippen LogP contribution in [0.25, 0.3) is 22.4 Å². The van der Waals surface area contributed by atoms with Crippen LogP contribution < -0.4 is 11.1 Å². The minimum atomic E-state index is 0.0479. The van der Waals surface area contributed by atoms with Crippen LogP contribution in [0.1, 0.15) is 18.4 Å². The number of benzene rings is 1. The molecule has 1 saturated carbocycles. The summed E-state index contributed by atoms with van der Waals surface area (Å²) in [5.74, 6) is 0.756. The summed E-state index contributed by atoms with van der Waals surface area (Å²) in [5, 5.41) is 2.88. The molecule has 5 nitrogen and oxygen atoms in total. The van der Waals surface area contributed by atoms with E-state index in [-0.39, 0.29) is 11.8 Å². The van der Waals surface area contributed by atoms with Gasteiger partial charge in [-0.3, -0.25) is 9.78 Å². The van der Waals surface area contributed by atoms with Gasteiger partial charge in [0.25, 0.3) is 0 Å². The van der Waals surface area contributed by atoms with Gasteiger partial charge in [-0.2, -0.15) is 0 Å². The van der Waals surface area contributed by atoms with E-state index in [4.69, 9.17) is 5.73 Å². The van der Waals surface area contributed by atoms with Crippen LogP contribution in [0, 0.1) is 12.8 Å². The van der Waals surface area contributed by atoms with Crippen LogP contribution >= 0.6 is 0 Å². The summed E-state index contributed by atoms with van der Waals surface area (Å²) >= 11 is 0. The number of anilines is 2. The quantitative estimate of drug-likeness (QED) is 0.700. The van der Waals surface area contributed by atoms with Crippen molar-refractivity contribution in [1.82, 2.24) is 9.97 Å². The zero-order valence-corrected chi connectivity index (χ0v) is 14.6. The molecule has 0 aliphatic heterocycles. The lowest BCUT2D eigenvalue weighted by Gasteiger charge is -2.10. The van der Waals surface area contributed by atoms with E-state index in [2.05, 4.69) is 22.2 Å². The molecule has 2 heterocycles. The van der Waals surface area contributed by atoms with Gasteiger partial charge in [-0.15, -0.1) is 0 Å². The Hall–Kier alpha value is -3.21. The number of amides is 1. The van der Waals surface area contributed by atoms with Gasteiger partial charge in [0, 0.05) is 29.6 Å². The van der Waals surface area contributed by atoms with Gasteiger partial charge in [0.05, 0.1) is 5.69 Å². The standard InChI is InChI=1S/C21H20N4O/c1-13-2-5-17(22)12-18(13)15-6-8-23-19(10-15)16-7-9-24-20(11-16)25-21(26)14-3-4-14/h2,5-12,14H,3-4,22H2,1H3,(H,24,25,26). The molecule has 3 aromatic rings. The molecular weight excluding hydrogens is 324 g/mol. The van der Waals surface area contributed by atoms with E-state index in [9.17, 15) is 4.79 Å². The Labute approximate surface area is 152 Å². The van der Waals surface area contributed by atoms with Gasteiger partial charge in [-0.25, -0.2) is 4.98 Å². The van der Waals surface area contributed by atoms with Crippen molar-refractivity contribution in [3.8, 4) is 22.4 Å². The van der Waals surface area contributed by atoms with E-state index < -0.39 is 0 Å². The van der Waals surface area contributed by atoms with E-state index >= 15 is 0 Å². The largest absolute Gasteiger partial charge is 0.399 e. The molecule has 130 valence electrons. The maximum atomic E-state index is 12.0. The molecule has 4 rings (SSSR count). The van der Waals surface area contributed by atoms with Gasteiger partial charge in [0.15, 0.2) is 0 Å². The second-order valence-electron chi connectivity index (χ2n) is 6.70. The molecule has 2 aromatic heterocycles. The number of carbonyl (C=O) groups excluding carboxylic acids is 1. The number of carbonyl (C=O) groups is 1. The highest BCUT2D eigenvalue weighted by Crippen LogP contribution is 2.31. The SMILES string of the molecule is Cc1ccc(N)cc1-c1ccnc(-c2ccnc(NC(=O)C3CC3)c2)c1. The smallest absolute Gasteiger partial charge is 0.228 e. The van der Waals surface area contributed by atoms with Gasteiger partial charge in [-0.05, 0) is 72.9 Å². The first-order chi connectivity index (χ1) is 12.6. The zero-order chi connectivity index (χ0) is 18.1. The first-order valence-corrected chi connectivity index (χ1v) is 8.70. The van der Waals surface area contributed by atoms with Gasteiger partial charge in [-0.1, -0.05) is 6.07 Å². The van der Waals surface area contributed by atoms with Crippen LogP contribution in [0.4, 0.5) is 11.5 Å². The van der Waals surface area contributed by atoms with Crippen LogP contribution in [-0.4, -0.2) is 15.9 Å². The topological polar surface area (TPSA) is 80.9 Å². The number of nitrogens with two attached hydrogens (primary N) is 1. The summed E-state index contributed by atoms with van der Waals surface area (Å²) in [6.07, 6.45) is 5.41.